The highest BCUT2D eigenvalue weighted by Gasteiger charge is 2.20. The predicted octanol–water partition coefficient (Wildman–Crippen LogP) is -0.0976. The number of nitrogens with zero attached hydrogens (tertiary/aromatic N) is 2. The van der Waals surface area contributed by atoms with E-state index in [1.54, 1.807) is 0 Å². The zero-order valence-electron chi connectivity index (χ0n) is 10.0. The van der Waals surface area contributed by atoms with Gasteiger partial charge in [-0.3, -0.25) is 0 Å². The number of nitrogens with two attached hydrogens (primary N) is 3. The van der Waals surface area contributed by atoms with E-state index in [0.29, 0.717) is 17.8 Å². The van der Waals surface area contributed by atoms with E-state index in [1.807, 2.05) is 18.2 Å². The van der Waals surface area contributed by atoms with Crippen molar-refractivity contribution in [2.45, 2.75) is 6.42 Å². The van der Waals surface area contributed by atoms with Crippen molar-refractivity contribution in [3.05, 3.63) is 41.2 Å². The van der Waals surface area contributed by atoms with Crippen LogP contribution in [0.1, 0.15) is 11.1 Å². The van der Waals surface area contributed by atoms with Crippen LogP contribution in [0.25, 0.3) is 0 Å². The molecule has 0 aromatic heterocycles. The minimum atomic E-state index is 0.104. The van der Waals surface area contributed by atoms with Crippen LogP contribution >= 0.6 is 0 Å². The lowest BCUT2D eigenvalue weighted by molar-refractivity contribution is 0.318. The number of benzene rings is 1. The number of hydrogen-bond acceptors (Lipinski definition) is 5. The van der Waals surface area contributed by atoms with Gasteiger partial charge in [0.1, 0.15) is 0 Å². The maximum Gasteiger partial charge on any atom is 0.170 e. The number of rotatable bonds is 3. The molecule has 6 heteroatoms. The second kappa shape index (κ2) is 4.87. The van der Waals surface area contributed by atoms with Crippen molar-refractivity contribution < 1.29 is 5.21 Å². The van der Waals surface area contributed by atoms with Crippen LogP contribution in [0.3, 0.4) is 0 Å². The van der Waals surface area contributed by atoms with Crippen molar-refractivity contribution in [3.63, 3.8) is 0 Å². The van der Waals surface area contributed by atoms with E-state index < -0.39 is 0 Å². The van der Waals surface area contributed by atoms with Gasteiger partial charge in [-0.25, -0.2) is 0 Å². The summed E-state index contributed by atoms with van der Waals surface area (Å²) in [5, 5.41) is 11.7. The van der Waals surface area contributed by atoms with Crippen LogP contribution in [0.4, 0.5) is 5.69 Å². The first-order valence-electron chi connectivity index (χ1n) is 5.67. The highest BCUT2D eigenvalue weighted by atomic mass is 16.4. The van der Waals surface area contributed by atoms with Crippen LogP contribution < -0.4 is 22.1 Å². The molecule has 0 saturated heterocycles. The van der Waals surface area contributed by atoms with Crippen molar-refractivity contribution in [1.29, 1.82) is 0 Å². The van der Waals surface area contributed by atoms with E-state index in [4.69, 9.17) is 22.4 Å². The summed E-state index contributed by atoms with van der Waals surface area (Å²) < 4.78 is 0. The number of amidine groups is 1. The van der Waals surface area contributed by atoms with Gasteiger partial charge in [0.25, 0.3) is 0 Å². The standard InChI is InChI=1S/C12H17N5O/c13-6-10(14)7-17-4-3-8-1-2-9(5-11(8)17)12(15)16-18/h1-2,5-6,18H,3-4,7,13-14H2,(H2,15,16)/b10-6-. The quantitative estimate of drug-likeness (QED) is 0.258. The minimum absolute atomic E-state index is 0.104. The lowest BCUT2D eigenvalue weighted by atomic mass is 10.1. The molecule has 0 spiro atoms. The van der Waals surface area contributed by atoms with Crippen LogP contribution in [0.2, 0.25) is 0 Å². The van der Waals surface area contributed by atoms with Crippen LogP contribution in [0.5, 0.6) is 0 Å². The van der Waals surface area contributed by atoms with Crippen molar-refractivity contribution >= 4 is 11.5 Å². The fourth-order valence-electron chi connectivity index (χ4n) is 2.10. The monoisotopic (exact) mass is 247 g/mol. The van der Waals surface area contributed by atoms with Crippen LogP contribution in [0, 0.1) is 0 Å². The fraction of sp³-hybridized carbons (Fsp3) is 0.250. The van der Waals surface area contributed by atoms with Gasteiger partial charge in [-0.05, 0) is 18.1 Å². The number of fused-ring (bicyclic) bond motifs is 1. The Morgan fingerprint density at radius 2 is 2.22 bits per heavy atom. The van der Waals surface area contributed by atoms with Crippen molar-refractivity contribution in [3.8, 4) is 0 Å². The zero-order chi connectivity index (χ0) is 13.1. The van der Waals surface area contributed by atoms with Gasteiger partial charge >= 0.3 is 0 Å². The minimum Gasteiger partial charge on any atom is -0.409 e. The fourth-order valence-corrected chi connectivity index (χ4v) is 2.10. The summed E-state index contributed by atoms with van der Waals surface area (Å²) in [6.07, 6.45) is 2.37. The SMILES string of the molecule is N/C=C(\N)CN1CCc2ccc(/C(N)=N\O)cc21. The van der Waals surface area contributed by atoms with Gasteiger partial charge < -0.3 is 27.3 Å². The molecule has 0 saturated carbocycles. The highest BCUT2D eigenvalue weighted by Crippen LogP contribution is 2.29. The molecule has 1 aromatic carbocycles. The second-order valence-corrected chi connectivity index (χ2v) is 4.24. The molecule has 0 radical (unpaired) electrons. The summed E-state index contributed by atoms with van der Waals surface area (Å²) in [6, 6.07) is 5.74. The normalized spacial score (nSPS) is 15.9. The third-order valence-electron chi connectivity index (χ3n) is 3.07. The lowest BCUT2D eigenvalue weighted by Crippen LogP contribution is -2.27. The van der Waals surface area contributed by atoms with Gasteiger partial charge in [0, 0.05) is 29.7 Å². The molecule has 0 bridgehead atoms. The third-order valence-corrected chi connectivity index (χ3v) is 3.07. The number of oxime groups is 1. The second-order valence-electron chi connectivity index (χ2n) is 4.24. The Morgan fingerprint density at radius 1 is 1.44 bits per heavy atom. The molecule has 0 fully saturated rings. The van der Waals surface area contributed by atoms with Crippen molar-refractivity contribution in [2.24, 2.45) is 22.4 Å². The van der Waals surface area contributed by atoms with E-state index in [0.717, 1.165) is 18.7 Å². The molecule has 0 aliphatic carbocycles. The topological polar surface area (TPSA) is 114 Å². The summed E-state index contributed by atoms with van der Waals surface area (Å²) in [5.41, 5.74) is 20.3. The van der Waals surface area contributed by atoms with Crippen LogP contribution in [-0.4, -0.2) is 24.1 Å². The average molecular weight is 247 g/mol. The van der Waals surface area contributed by atoms with Gasteiger partial charge in [-0.2, -0.15) is 0 Å². The summed E-state index contributed by atoms with van der Waals surface area (Å²) >= 11 is 0. The van der Waals surface area contributed by atoms with E-state index in [-0.39, 0.29) is 5.84 Å². The zero-order valence-corrected chi connectivity index (χ0v) is 10.0. The Kier molecular flexibility index (Phi) is 3.27. The maximum absolute atomic E-state index is 8.69. The number of hydrogen-bond donors (Lipinski definition) is 4. The smallest absolute Gasteiger partial charge is 0.170 e. The van der Waals surface area contributed by atoms with Gasteiger partial charge in [0.15, 0.2) is 5.84 Å². The average Bonchev–Trinajstić information content (AvgIpc) is 2.80. The third kappa shape index (κ3) is 2.17. The largest absolute Gasteiger partial charge is 0.409 e. The highest BCUT2D eigenvalue weighted by molar-refractivity contribution is 5.98. The first kappa shape index (κ1) is 12.1. The Labute approximate surface area is 105 Å². The van der Waals surface area contributed by atoms with Crippen molar-refractivity contribution in [1.82, 2.24) is 0 Å². The Morgan fingerprint density at radius 3 is 2.89 bits per heavy atom. The molecule has 7 N–H and O–H groups in total. The molecule has 18 heavy (non-hydrogen) atoms. The van der Waals surface area contributed by atoms with Crippen molar-refractivity contribution in [2.75, 3.05) is 18.0 Å². The first-order chi connectivity index (χ1) is 8.65. The molecular weight excluding hydrogens is 230 g/mol. The lowest BCUT2D eigenvalue weighted by Gasteiger charge is -2.19. The molecule has 96 valence electrons. The molecule has 0 atom stereocenters. The first-order valence-corrected chi connectivity index (χ1v) is 5.67. The van der Waals surface area contributed by atoms with Crippen LogP contribution in [0.15, 0.2) is 35.3 Å². The molecule has 1 aliphatic rings. The molecule has 1 aromatic rings. The molecular formula is C12H17N5O. The molecule has 0 unspecified atom stereocenters. The Hall–Kier alpha value is -2.37. The Bertz CT molecular complexity index is 509. The molecule has 6 nitrogen and oxygen atoms in total. The van der Waals surface area contributed by atoms with Gasteiger partial charge in [-0.1, -0.05) is 17.3 Å². The molecule has 1 heterocycles. The predicted molar refractivity (Wildman–Crippen MR) is 71.3 cm³/mol. The summed E-state index contributed by atoms with van der Waals surface area (Å²) in [6.45, 7) is 1.48. The molecule has 1 aliphatic heterocycles. The van der Waals surface area contributed by atoms with Gasteiger partial charge in [-0.15, -0.1) is 0 Å². The molecule has 0 amide bonds. The van der Waals surface area contributed by atoms with Gasteiger partial charge in [0.05, 0.1) is 6.54 Å². The maximum atomic E-state index is 8.69. The number of anilines is 1. The molecule has 2 rings (SSSR count). The van der Waals surface area contributed by atoms with E-state index in [9.17, 15) is 0 Å². The summed E-state index contributed by atoms with van der Waals surface area (Å²) in [5.74, 6) is 0.104. The van der Waals surface area contributed by atoms with Crippen LogP contribution in [-0.2, 0) is 6.42 Å². The van der Waals surface area contributed by atoms with E-state index in [2.05, 4.69) is 10.1 Å². The van der Waals surface area contributed by atoms with E-state index >= 15 is 0 Å². The summed E-state index contributed by atoms with van der Waals surface area (Å²) in [4.78, 5) is 2.13. The van der Waals surface area contributed by atoms with Gasteiger partial charge in [0.2, 0.25) is 0 Å². The Balaban J connectivity index is 2.30. The summed E-state index contributed by atoms with van der Waals surface area (Å²) in [7, 11) is 0. The van der Waals surface area contributed by atoms with E-state index in [1.165, 1.54) is 11.8 Å².